The van der Waals surface area contributed by atoms with E-state index < -0.39 is 26.8 Å². The molecule has 1 unspecified atom stereocenters. The Balaban J connectivity index is 2.07. The van der Waals surface area contributed by atoms with Crippen LogP contribution in [0.3, 0.4) is 0 Å². The third-order valence-electron chi connectivity index (χ3n) is 3.98. The Hall–Kier alpha value is -1.51. The number of carbonyl (C=O) groups is 1. The Morgan fingerprint density at radius 2 is 2.00 bits per heavy atom. The molecule has 0 aromatic heterocycles. The van der Waals surface area contributed by atoms with Crippen molar-refractivity contribution in [3.8, 4) is 0 Å². The lowest BCUT2D eigenvalue weighted by Crippen LogP contribution is -2.53. The van der Waals surface area contributed by atoms with Gasteiger partial charge in [0.25, 0.3) is 0 Å². The van der Waals surface area contributed by atoms with Crippen molar-refractivity contribution in [3.63, 3.8) is 0 Å². The van der Waals surface area contributed by atoms with Gasteiger partial charge < -0.3 is 9.64 Å². The van der Waals surface area contributed by atoms with E-state index in [-0.39, 0.29) is 17.9 Å². The smallest absolute Gasteiger partial charge is 0.244 e. The zero-order valence-corrected chi connectivity index (χ0v) is 14.8. The van der Waals surface area contributed by atoms with Crippen LogP contribution in [0.4, 0.5) is 4.39 Å². The van der Waals surface area contributed by atoms with Crippen LogP contribution >= 0.6 is 0 Å². The van der Waals surface area contributed by atoms with Gasteiger partial charge in [0.15, 0.2) is 0 Å². The lowest BCUT2D eigenvalue weighted by Gasteiger charge is -2.36. The van der Waals surface area contributed by atoms with Crippen LogP contribution in [-0.4, -0.2) is 51.1 Å². The van der Waals surface area contributed by atoms with Gasteiger partial charge in [-0.2, -0.15) is 4.72 Å². The zero-order chi connectivity index (χ0) is 17.9. The minimum absolute atomic E-state index is 0.0712. The molecule has 1 aromatic carbocycles. The van der Waals surface area contributed by atoms with Crippen molar-refractivity contribution in [2.24, 2.45) is 5.92 Å². The Kier molecular flexibility index (Phi) is 5.95. The van der Waals surface area contributed by atoms with Crippen molar-refractivity contribution in [1.29, 1.82) is 0 Å². The Morgan fingerprint density at radius 1 is 1.33 bits per heavy atom. The molecule has 1 aliphatic heterocycles. The molecule has 1 aliphatic rings. The first-order valence-corrected chi connectivity index (χ1v) is 9.38. The Labute approximate surface area is 142 Å². The lowest BCUT2D eigenvalue weighted by atomic mass is 10.1. The fraction of sp³-hybridized carbons (Fsp3) is 0.562. The monoisotopic (exact) mass is 358 g/mol. The van der Waals surface area contributed by atoms with Crippen LogP contribution in [0.25, 0.3) is 0 Å². The van der Waals surface area contributed by atoms with E-state index in [1.54, 1.807) is 4.90 Å². The third-order valence-corrected chi connectivity index (χ3v) is 5.55. The largest absolute Gasteiger partial charge is 0.374 e. The molecule has 1 N–H and O–H groups in total. The summed E-state index contributed by atoms with van der Waals surface area (Å²) in [5, 5.41) is 0. The van der Waals surface area contributed by atoms with E-state index in [1.165, 1.54) is 25.1 Å². The minimum Gasteiger partial charge on any atom is -0.374 e. The van der Waals surface area contributed by atoms with Crippen LogP contribution in [0.5, 0.6) is 0 Å². The predicted octanol–water partition coefficient (Wildman–Crippen LogP) is 1.38. The first-order valence-electron chi connectivity index (χ1n) is 7.89. The molecular formula is C16H23FN2O4S. The van der Waals surface area contributed by atoms with Crippen molar-refractivity contribution in [1.82, 2.24) is 9.62 Å². The van der Waals surface area contributed by atoms with Crippen molar-refractivity contribution in [3.05, 3.63) is 30.1 Å². The average molecular weight is 358 g/mol. The number of halogens is 1. The second-order valence-electron chi connectivity index (χ2n) is 6.21. The first-order chi connectivity index (χ1) is 11.2. The molecule has 1 heterocycles. The highest BCUT2D eigenvalue weighted by molar-refractivity contribution is 7.89. The topological polar surface area (TPSA) is 75.7 Å². The summed E-state index contributed by atoms with van der Waals surface area (Å²) in [6, 6.07) is 4.08. The van der Waals surface area contributed by atoms with Gasteiger partial charge in [0.1, 0.15) is 10.7 Å². The van der Waals surface area contributed by atoms with Crippen molar-refractivity contribution in [2.45, 2.75) is 37.8 Å². The van der Waals surface area contributed by atoms with Crippen LogP contribution in [0, 0.1) is 11.7 Å². The number of hydrogen-bond donors (Lipinski definition) is 1. The highest BCUT2D eigenvalue weighted by Crippen LogP contribution is 2.16. The van der Waals surface area contributed by atoms with Gasteiger partial charge in [0, 0.05) is 13.1 Å². The van der Waals surface area contributed by atoms with Gasteiger partial charge >= 0.3 is 0 Å². The highest BCUT2D eigenvalue weighted by Gasteiger charge is 2.31. The molecule has 0 saturated carbocycles. The summed E-state index contributed by atoms with van der Waals surface area (Å²) in [6.07, 6.45) is -0.0712. The van der Waals surface area contributed by atoms with Crippen LogP contribution < -0.4 is 4.72 Å². The number of hydrogen-bond acceptors (Lipinski definition) is 4. The number of sulfonamides is 1. The van der Waals surface area contributed by atoms with E-state index in [9.17, 15) is 17.6 Å². The zero-order valence-electron chi connectivity index (χ0n) is 14.0. The fourth-order valence-electron chi connectivity index (χ4n) is 2.56. The Morgan fingerprint density at radius 3 is 2.62 bits per heavy atom. The number of morpholine rings is 1. The van der Waals surface area contributed by atoms with E-state index in [2.05, 4.69) is 4.72 Å². The van der Waals surface area contributed by atoms with Crippen LogP contribution in [0.2, 0.25) is 0 Å². The second kappa shape index (κ2) is 7.58. The summed E-state index contributed by atoms with van der Waals surface area (Å²) in [6.45, 7) is 6.71. The number of rotatable bonds is 5. The molecule has 6 nitrogen and oxygen atoms in total. The molecule has 0 spiro atoms. The predicted molar refractivity (Wildman–Crippen MR) is 87.3 cm³/mol. The van der Waals surface area contributed by atoms with Crippen molar-refractivity contribution in [2.75, 3.05) is 19.7 Å². The summed E-state index contributed by atoms with van der Waals surface area (Å²) in [7, 11) is -4.11. The summed E-state index contributed by atoms with van der Waals surface area (Å²) < 4.78 is 46.1. The molecule has 0 bridgehead atoms. The third kappa shape index (κ3) is 4.31. The lowest BCUT2D eigenvalue weighted by molar-refractivity contribution is -0.141. The van der Waals surface area contributed by atoms with E-state index in [4.69, 9.17) is 4.74 Å². The summed E-state index contributed by atoms with van der Waals surface area (Å²) in [5.41, 5.74) is 0. The van der Waals surface area contributed by atoms with Crippen LogP contribution in [0.15, 0.2) is 29.2 Å². The van der Waals surface area contributed by atoms with Gasteiger partial charge in [-0.15, -0.1) is 0 Å². The Bertz CT molecular complexity index is 693. The van der Waals surface area contributed by atoms with E-state index in [0.717, 1.165) is 6.07 Å². The molecule has 134 valence electrons. The fourth-order valence-corrected chi connectivity index (χ4v) is 3.84. The van der Waals surface area contributed by atoms with Gasteiger partial charge in [-0.25, -0.2) is 12.8 Å². The molecule has 1 fully saturated rings. The molecule has 0 aliphatic carbocycles. The molecular weight excluding hydrogens is 335 g/mol. The molecule has 1 aromatic rings. The maximum absolute atomic E-state index is 13.7. The van der Waals surface area contributed by atoms with Gasteiger partial charge in [-0.1, -0.05) is 26.0 Å². The molecule has 8 heteroatoms. The molecule has 24 heavy (non-hydrogen) atoms. The van der Waals surface area contributed by atoms with Gasteiger partial charge in [0.05, 0.1) is 18.8 Å². The second-order valence-corrected chi connectivity index (χ2v) is 7.89. The summed E-state index contributed by atoms with van der Waals surface area (Å²) in [5.74, 6) is -0.939. The number of nitrogens with zero attached hydrogens (tertiary/aromatic N) is 1. The van der Waals surface area contributed by atoms with Gasteiger partial charge in [-0.05, 0) is 25.0 Å². The van der Waals surface area contributed by atoms with Crippen molar-refractivity contribution < 1.29 is 22.3 Å². The molecule has 1 saturated heterocycles. The summed E-state index contributed by atoms with van der Waals surface area (Å²) in [4.78, 5) is 13.6. The number of amides is 1. The van der Waals surface area contributed by atoms with E-state index >= 15 is 0 Å². The van der Waals surface area contributed by atoms with Crippen LogP contribution in [0.1, 0.15) is 20.8 Å². The van der Waals surface area contributed by atoms with E-state index in [0.29, 0.717) is 19.7 Å². The SMILES string of the molecule is CC(C)C1CN(C(=O)[C@H](C)NS(=O)(=O)c2ccccc2F)CCO1. The molecule has 0 radical (unpaired) electrons. The average Bonchev–Trinajstić information content (AvgIpc) is 2.54. The molecule has 2 rings (SSSR count). The number of carbonyl (C=O) groups excluding carboxylic acids is 1. The maximum Gasteiger partial charge on any atom is 0.244 e. The summed E-state index contributed by atoms with van der Waals surface area (Å²) >= 11 is 0. The number of ether oxygens (including phenoxy) is 1. The first kappa shape index (κ1) is 18.8. The normalized spacial score (nSPS) is 20.2. The highest BCUT2D eigenvalue weighted by atomic mass is 32.2. The number of benzene rings is 1. The minimum atomic E-state index is -4.11. The quantitative estimate of drug-likeness (QED) is 0.863. The van der Waals surface area contributed by atoms with Gasteiger partial charge in [0.2, 0.25) is 15.9 Å². The molecule has 2 atom stereocenters. The maximum atomic E-state index is 13.7. The van der Waals surface area contributed by atoms with Gasteiger partial charge in [-0.3, -0.25) is 4.79 Å². The standard InChI is InChI=1S/C16H23FN2O4S/c1-11(2)14-10-19(8-9-23-14)16(20)12(3)18-24(21,22)15-7-5-4-6-13(15)17/h4-7,11-12,14,18H,8-10H2,1-3H3/t12-,14?/m0/s1. The van der Waals surface area contributed by atoms with Crippen LogP contribution in [-0.2, 0) is 19.6 Å². The van der Waals surface area contributed by atoms with Crippen molar-refractivity contribution >= 4 is 15.9 Å². The number of nitrogens with one attached hydrogen (secondary N) is 1. The van der Waals surface area contributed by atoms with E-state index in [1.807, 2.05) is 13.8 Å². The molecule has 1 amide bonds.